The van der Waals surface area contributed by atoms with Crippen LogP contribution in [0.2, 0.25) is 0 Å². The first-order valence-corrected chi connectivity index (χ1v) is 5.43. The number of hydrogen-bond acceptors (Lipinski definition) is 3. The molecule has 1 aromatic carbocycles. The van der Waals surface area contributed by atoms with Gasteiger partial charge in [0.25, 0.3) is 0 Å². The molecule has 1 aromatic rings. The second-order valence-electron chi connectivity index (χ2n) is 3.49. The highest BCUT2D eigenvalue weighted by atomic mass is 79.9. The van der Waals surface area contributed by atoms with Crippen LogP contribution in [0.3, 0.4) is 0 Å². The second kappa shape index (κ2) is 4.84. The van der Waals surface area contributed by atoms with Crippen LogP contribution in [-0.4, -0.2) is 23.3 Å². The molecule has 0 radical (unpaired) electrons. The zero-order chi connectivity index (χ0) is 12.5. The molecular weight excluding hydrogens is 276 g/mol. The fourth-order valence-electron chi connectivity index (χ4n) is 1.63. The van der Waals surface area contributed by atoms with Crippen molar-refractivity contribution < 1.29 is 19.7 Å². The minimum Gasteiger partial charge on any atom is -0.496 e. The van der Waals surface area contributed by atoms with Crippen molar-refractivity contribution in [2.24, 2.45) is 0 Å². The van der Waals surface area contributed by atoms with E-state index in [0.717, 1.165) is 0 Å². The van der Waals surface area contributed by atoms with Crippen LogP contribution in [0.25, 0.3) is 0 Å². The summed E-state index contributed by atoms with van der Waals surface area (Å²) in [4.78, 5) is 10.8. The molecule has 0 spiro atoms. The predicted octanol–water partition coefficient (Wildman–Crippen LogP) is 2.19. The minimum atomic E-state index is -1.51. The number of carbonyl (C=O) groups is 1. The lowest BCUT2D eigenvalue weighted by Gasteiger charge is -2.16. The maximum atomic E-state index is 10.8. The fraction of sp³-hybridized carbons (Fsp3) is 0.364. The number of methoxy groups -OCH3 is 1. The van der Waals surface area contributed by atoms with Gasteiger partial charge in [0.15, 0.2) is 6.10 Å². The van der Waals surface area contributed by atoms with Gasteiger partial charge in [0.05, 0.1) is 11.6 Å². The zero-order valence-electron chi connectivity index (χ0n) is 9.24. The summed E-state index contributed by atoms with van der Waals surface area (Å²) in [7, 11) is 1.53. The smallest absolute Gasteiger partial charge is 0.337 e. The Morgan fingerprint density at radius 1 is 1.50 bits per heavy atom. The number of halogens is 1. The molecule has 0 aromatic heterocycles. The molecule has 16 heavy (non-hydrogen) atoms. The molecule has 0 aliphatic rings. The third-order valence-corrected chi connectivity index (χ3v) is 3.43. The number of benzene rings is 1. The summed E-state index contributed by atoms with van der Waals surface area (Å²) < 4.78 is 5.79. The average molecular weight is 289 g/mol. The van der Waals surface area contributed by atoms with Crippen LogP contribution in [0.4, 0.5) is 0 Å². The molecule has 0 amide bonds. The van der Waals surface area contributed by atoms with Gasteiger partial charge in [-0.15, -0.1) is 0 Å². The first kappa shape index (κ1) is 13.0. The van der Waals surface area contributed by atoms with Gasteiger partial charge in [0.2, 0.25) is 0 Å². The number of carboxylic acid groups (broad SMARTS) is 1. The van der Waals surface area contributed by atoms with Crippen molar-refractivity contribution in [2.75, 3.05) is 7.11 Å². The first-order chi connectivity index (χ1) is 7.40. The number of aryl methyl sites for hydroxylation is 1. The number of rotatable bonds is 3. The van der Waals surface area contributed by atoms with Crippen LogP contribution in [-0.2, 0) is 4.79 Å². The monoisotopic (exact) mass is 288 g/mol. The summed E-state index contributed by atoms with van der Waals surface area (Å²) in [6, 6.07) is 1.69. The van der Waals surface area contributed by atoms with Gasteiger partial charge in [-0.3, -0.25) is 0 Å². The van der Waals surface area contributed by atoms with E-state index in [1.165, 1.54) is 7.11 Å². The predicted molar refractivity (Wildman–Crippen MR) is 62.8 cm³/mol. The number of aliphatic hydroxyl groups is 1. The summed E-state index contributed by atoms with van der Waals surface area (Å²) in [6.07, 6.45) is -1.51. The number of aliphatic hydroxyl groups excluding tert-OH is 1. The summed E-state index contributed by atoms with van der Waals surface area (Å²) in [5.41, 5.74) is 1.76. The number of hydrogen-bond donors (Lipinski definition) is 2. The van der Waals surface area contributed by atoms with Crippen LogP contribution in [0, 0.1) is 13.8 Å². The Kier molecular flexibility index (Phi) is 3.93. The lowest BCUT2D eigenvalue weighted by Crippen LogP contribution is -2.14. The van der Waals surface area contributed by atoms with Gasteiger partial charge in [-0.2, -0.15) is 0 Å². The molecule has 1 atom stereocenters. The highest BCUT2D eigenvalue weighted by molar-refractivity contribution is 9.10. The van der Waals surface area contributed by atoms with E-state index in [2.05, 4.69) is 15.9 Å². The lowest BCUT2D eigenvalue weighted by atomic mass is 9.97. The van der Waals surface area contributed by atoms with Crippen molar-refractivity contribution in [3.05, 3.63) is 27.2 Å². The van der Waals surface area contributed by atoms with E-state index in [-0.39, 0.29) is 0 Å². The molecule has 2 N–H and O–H groups in total. The Labute approximate surface area is 102 Å². The van der Waals surface area contributed by atoms with Gasteiger partial charge in [-0.1, -0.05) is 0 Å². The zero-order valence-corrected chi connectivity index (χ0v) is 10.8. The summed E-state index contributed by atoms with van der Waals surface area (Å²) in [6.45, 7) is 3.48. The molecule has 0 aliphatic heterocycles. The first-order valence-electron chi connectivity index (χ1n) is 4.64. The molecule has 4 nitrogen and oxygen atoms in total. The molecule has 1 rings (SSSR count). The average Bonchev–Trinajstić information content (AvgIpc) is 2.23. The third kappa shape index (κ3) is 2.20. The SMILES string of the molecule is COc1cc(C)c(C(O)C(=O)O)c(C)c1Br. The van der Waals surface area contributed by atoms with E-state index in [9.17, 15) is 9.90 Å². The summed E-state index contributed by atoms with van der Waals surface area (Å²) in [5, 5.41) is 18.4. The summed E-state index contributed by atoms with van der Waals surface area (Å²) >= 11 is 3.31. The quantitative estimate of drug-likeness (QED) is 0.895. The highest BCUT2D eigenvalue weighted by Gasteiger charge is 2.23. The Morgan fingerprint density at radius 3 is 2.50 bits per heavy atom. The van der Waals surface area contributed by atoms with Gasteiger partial charge in [-0.05, 0) is 52.5 Å². The molecule has 5 heteroatoms. The molecule has 0 fully saturated rings. The van der Waals surface area contributed by atoms with Crippen LogP contribution >= 0.6 is 15.9 Å². The van der Waals surface area contributed by atoms with Crippen molar-refractivity contribution in [1.82, 2.24) is 0 Å². The van der Waals surface area contributed by atoms with Gasteiger partial charge < -0.3 is 14.9 Å². The van der Waals surface area contributed by atoms with Crippen LogP contribution in [0.15, 0.2) is 10.5 Å². The Bertz CT molecular complexity index is 428. The lowest BCUT2D eigenvalue weighted by molar-refractivity contribution is -0.147. The van der Waals surface area contributed by atoms with E-state index < -0.39 is 12.1 Å². The van der Waals surface area contributed by atoms with Crippen molar-refractivity contribution in [3.8, 4) is 5.75 Å². The molecule has 0 aliphatic carbocycles. The molecular formula is C11H13BrO4. The maximum Gasteiger partial charge on any atom is 0.337 e. The van der Waals surface area contributed by atoms with Crippen LogP contribution < -0.4 is 4.74 Å². The molecule has 0 heterocycles. The van der Waals surface area contributed by atoms with Gasteiger partial charge >= 0.3 is 5.97 Å². The second-order valence-corrected chi connectivity index (χ2v) is 4.28. The van der Waals surface area contributed by atoms with Crippen LogP contribution in [0.1, 0.15) is 22.8 Å². The van der Waals surface area contributed by atoms with Gasteiger partial charge in [0.1, 0.15) is 5.75 Å². The highest BCUT2D eigenvalue weighted by Crippen LogP contribution is 2.35. The van der Waals surface area contributed by atoms with Crippen molar-refractivity contribution >= 4 is 21.9 Å². The van der Waals surface area contributed by atoms with E-state index >= 15 is 0 Å². The molecule has 0 saturated heterocycles. The van der Waals surface area contributed by atoms with Crippen LogP contribution in [0.5, 0.6) is 5.75 Å². The fourth-order valence-corrected chi connectivity index (χ4v) is 2.12. The van der Waals surface area contributed by atoms with Crippen molar-refractivity contribution in [1.29, 1.82) is 0 Å². The summed E-state index contributed by atoms with van der Waals surface area (Å²) in [5.74, 6) is -0.639. The molecule has 0 saturated carbocycles. The maximum absolute atomic E-state index is 10.8. The standard InChI is InChI=1S/C11H13BrO4/c1-5-4-7(16-3)9(12)6(2)8(5)10(13)11(14)15/h4,10,13H,1-3H3,(H,14,15). The topological polar surface area (TPSA) is 66.8 Å². The van der Waals surface area contributed by atoms with Crippen molar-refractivity contribution in [3.63, 3.8) is 0 Å². The Balaban J connectivity index is 3.41. The number of aliphatic carboxylic acids is 1. The third-order valence-electron chi connectivity index (χ3n) is 2.45. The van der Waals surface area contributed by atoms with Gasteiger partial charge in [0, 0.05) is 0 Å². The molecule has 0 bridgehead atoms. The van der Waals surface area contributed by atoms with E-state index in [0.29, 0.717) is 26.9 Å². The molecule has 1 unspecified atom stereocenters. The van der Waals surface area contributed by atoms with E-state index in [1.807, 2.05) is 0 Å². The van der Waals surface area contributed by atoms with Crippen molar-refractivity contribution in [2.45, 2.75) is 20.0 Å². The van der Waals surface area contributed by atoms with E-state index in [4.69, 9.17) is 9.84 Å². The molecule has 88 valence electrons. The Morgan fingerprint density at radius 2 is 2.06 bits per heavy atom. The van der Waals surface area contributed by atoms with E-state index in [1.54, 1.807) is 19.9 Å². The number of carboxylic acids is 1. The largest absolute Gasteiger partial charge is 0.496 e. The number of ether oxygens (including phenoxy) is 1. The minimum absolute atomic E-state index is 0.403. The van der Waals surface area contributed by atoms with Gasteiger partial charge in [-0.25, -0.2) is 4.79 Å². The normalized spacial score (nSPS) is 12.3. The Hall–Kier alpha value is -1.07.